The molecule has 3 aromatic rings. The molecule has 2 aromatic carbocycles. The summed E-state index contributed by atoms with van der Waals surface area (Å²) in [4.78, 5) is 31.7. The lowest BCUT2D eigenvalue weighted by molar-refractivity contribution is -0.132. The van der Waals surface area contributed by atoms with Crippen LogP contribution in [0.1, 0.15) is 22.7 Å². The number of Topliss-reactive ketones (excluding diaryl/α,β-unsaturated/α-hetero) is 1. The first-order chi connectivity index (χ1) is 14.9. The molecular formula is C24H19ClN2O4. The van der Waals surface area contributed by atoms with Crippen LogP contribution in [0.25, 0.3) is 5.76 Å². The minimum absolute atomic E-state index is 0.0103. The van der Waals surface area contributed by atoms with Crippen LogP contribution in [0.15, 0.2) is 72.6 Å². The van der Waals surface area contributed by atoms with E-state index in [4.69, 9.17) is 16.3 Å². The first-order valence-electron chi connectivity index (χ1n) is 9.54. The molecule has 0 radical (unpaired) electrons. The number of carbonyl (C=O) groups excluding carboxylic acids is 2. The van der Waals surface area contributed by atoms with Gasteiger partial charge in [0.2, 0.25) is 0 Å². The second kappa shape index (κ2) is 8.24. The lowest BCUT2D eigenvalue weighted by Gasteiger charge is -2.26. The van der Waals surface area contributed by atoms with Crippen LogP contribution in [-0.2, 0) is 9.59 Å². The van der Waals surface area contributed by atoms with Crippen LogP contribution in [0.5, 0.6) is 5.75 Å². The molecule has 1 aliphatic rings. The van der Waals surface area contributed by atoms with E-state index in [1.54, 1.807) is 67.0 Å². The SMILES string of the molecule is COc1cccc(/C(O)=C2\C(=O)C(=O)N(c3cc(Cl)ccc3C)C2c2ccncc2)c1. The van der Waals surface area contributed by atoms with Gasteiger partial charge in [-0.3, -0.25) is 19.5 Å². The van der Waals surface area contributed by atoms with Gasteiger partial charge < -0.3 is 9.84 Å². The maximum absolute atomic E-state index is 13.2. The van der Waals surface area contributed by atoms with Crippen molar-refractivity contribution in [2.75, 3.05) is 12.0 Å². The minimum Gasteiger partial charge on any atom is -0.507 e. The average molecular weight is 435 g/mol. The van der Waals surface area contributed by atoms with E-state index < -0.39 is 17.7 Å². The molecular weight excluding hydrogens is 416 g/mol. The Labute approximate surface area is 184 Å². The number of hydrogen-bond donors (Lipinski definition) is 1. The molecule has 1 atom stereocenters. The topological polar surface area (TPSA) is 79.7 Å². The number of hydrogen-bond acceptors (Lipinski definition) is 5. The third-order valence-electron chi connectivity index (χ3n) is 5.24. The molecule has 6 nitrogen and oxygen atoms in total. The maximum Gasteiger partial charge on any atom is 0.300 e. The second-order valence-corrected chi connectivity index (χ2v) is 7.55. The molecule has 0 aliphatic carbocycles. The molecule has 0 bridgehead atoms. The predicted octanol–water partition coefficient (Wildman–Crippen LogP) is 4.68. The number of rotatable bonds is 4. The number of benzene rings is 2. The van der Waals surface area contributed by atoms with E-state index in [-0.39, 0.29) is 11.3 Å². The van der Waals surface area contributed by atoms with E-state index in [9.17, 15) is 14.7 Å². The molecule has 1 amide bonds. The Hall–Kier alpha value is -3.64. The van der Waals surface area contributed by atoms with Gasteiger partial charge in [-0.1, -0.05) is 29.8 Å². The molecule has 1 unspecified atom stereocenters. The standard InChI is InChI=1S/C24H19ClN2O4/c1-14-6-7-17(25)13-19(14)27-21(15-8-10-26-11-9-15)20(23(29)24(27)30)22(28)16-4-3-5-18(12-16)31-2/h3-13,21,28H,1-2H3/b22-20+. The van der Waals surface area contributed by atoms with E-state index in [1.807, 2.05) is 6.92 Å². The van der Waals surface area contributed by atoms with Gasteiger partial charge in [-0.2, -0.15) is 0 Å². The van der Waals surface area contributed by atoms with Crippen LogP contribution < -0.4 is 9.64 Å². The number of aromatic nitrogens is 1. The molecule has 0 saturated carbocycles. The Morgan fingerprint density at radius 1 is 1.10 bits per heavy atom. The summed E-state index contributed by atoms with van der Waals surface area (Å²) in [6, 6.07) is 14.4. The number of carbonyl (C=O) groups is 2. The largest absolute Gasteiger partial charge is 0.507 e. The lowest BCUT2D eigenvalue weighted by atomic mass is 9.95. The van der Waals surface area contributed by atoms with Crippen LogP contribution in [0.3, 0.4) is 0 Å². The van der Waals surface area contributed by atoms with Crippen LogP contribution in [0.2, 0.25) is 5.02 Å². The zero-order valence-electron chi connectivity index (χ0n) is 16.9. The fourth-order valence-electron chi connectivity index (χ4n) is 3.71. The van der Waals surface area contributed by atoms with Crippen molar-refractivity contribution >= 4 is 34.7 Å². The summed E-state index contributed by atoms with van der Waals surface area (Å²) in [6.45, 7) is 1.83. The van der Waals surface area contributed by atoms with Crippen molar-refractivity contribution in [2.45, 2.75) is 13.0 Å². The van der Waals surface area contributed by atoms with Gasteiger partial charge in [0.15, 0.2) is 0 Å². The molecule has 1 saturated heterocycles. The van der Waals surface area contributed by atoms with Gasteiger partial charge in [0.05, 0.1) is 18.7 Å². The summed E-state index contributed by atoms with van der Waals surface area (Å²) >= 11 is 6.19. The van der Waals surface area contributed by atoms with E-state index in [1.165, 1.54) is 12.0 Å². The van der Waals surface area contributed by atoms with Crippen molar-refractivity contribution < 1.29 is 19.4 Å². The van der Waals surface area contributed by atoms with Gasteiger partial charge in [0.1, 0.15) is 11.5 Å². The molecule has 1 fully saturated rings. The van der Waals surface area contributed by atoms with E-state index in [2.05, 4.69) is 4.98 Å². The summed E-state index contributed by atoms with van der Waals surface area (Å²) in [5.74, 6) is -1.27. The van der Waals surface area contributed by atoms with Crippen molar-refractivity contribution in [3.8, 4) is 5.75 Å². The zero-order chi connectivity index (χ0) is 22.1. The molecule has 156 valence electrons. The summed E-state index contributed by atoms with van der Waals surface area (Å²) in [7, 11) is 1.51. The smallest absolute Gasteiger partial charge is 0.300 e. The number of halogens is 1. The van der Waals surface area contributed by atoms with Crippen LogP contribution >= 0.6 is 11.6 Å². The Bertz CT molecular complexity index is 1210. The molecule has 1 aromatic heterocycles. The highest BCUT2D eigenvalue weighted by Gasteiger charge is 2.47. The lowest BCUT2D eigenvalue weighted by Crippen LogP contribution is -2.30. The van der Waals surface area contributed by atoms with Crippen molar-refractivity contribution in [1.29, 1.82) is 0 Å². The van der Waals surface area contributed by atoms with E-state index >= 15 is 0 Å². The Kier molecular flexibility index (Phi) is 5.48. The second-order valence-electron chi connectivity index (χ2n) is 7.11. The first kappa shape index (κ1) is 20.6. The van der Waals surface area contributed by atoms with Crippen LogP contribution in [-0.4, -0.2) is 28.9 Å². The number of methoxy groups -OCH3 is 1. The van der Waals surface area contributed by atoms with Crippen molar-refractivity contribution in [2.24, 2.45) is 0 Å². The van der Waals surface area contributed by atoms with Crippen molar-refractivity contribution in [3.63, 3.8) is 0 Å². The summed E-state index contributed by atoms with van der Waals surface area (Å²) in [5, 5.41) is 11.6. The highest BCUT2D eigenvalue weighted by atomic mass is 35.5. The van der Waals surface area contributed by atoms with Gasteiger partial charge in [-0.05, 0) is 54.4 Å². The summed E-state index contributed by atoms with van der Waals surface area (Å²) in [6.07, 6.45) is 3.15. The molecule has 1 aliphatic heterocycles. The van der Waals surface area contributed by atoms with Gasteiger partial charge in [0.25, 0.3) is 11.7 Å². The fourth-order valence-corrected chi connectivity index (χ4v) is 3.88. The van der Waals surface area contributed by atoms with Gasteiger partial charge in [0, 0.05) is 28.7 Å². The highest BCUT2D eigenvalue weighted by Crippen LogP contribution is 2.43. The molecule has 2 heterocycles. The predicted molar refractivity (Wildman–Crippen MR) is 118 cm³/mol. The number of amides is 1. The molecule has 1 N–H and O–H groups in total. The Balaban J connectivity index is 1.97. The van der Waals surface area contributed by atoms with Crippen LogP contribution in [0, 0.1) is 6.92 Å². The Morgan fingerprint density at radius 2 is 1.84 bits per heavy atom. The van der Waals surface area contributed by atoms with Gasteiger partial charge in [-0.15, -0.1) is 0 Å². The van der Waals surface area contributed by atoms with Gasteiger partial charge >= 0.3 is 0 Å². The van der Waals surface area contributed by atoms with Gasteiger partial charge in [-0.25, -0.2) is 0 Å². The molecule has 31 heavy (non-hydrogen) atoms. The number of aliphatic hydroxyl groups excluding tert-OH is 1. The quantitative estimate of drug-likeness (QED) is 0.366. The number of ketones is 1. The fraction of sp³-hybridized carbons (Fsp3) is 0.125. The Morgan fingerprint density at radius 3 is 2.55 bits per heavy atom. The minimum atomic E-state index is -0.841. The summed E-state index contributed by atoms with van der Waals surface area (Å²) < 4.78 is 5.23. The summed E-state index contributed by atoms with van der Waals surface area (Å²) in [5.41, 5.74) is 2.27. The molecule has 4 rings (SSSR count). The number of ether oxygens (including phenoxy) is 1. The van der Waals surface area contributed by atoms with Crippen molar-refractivity contribution in [3.05, 3.63) is 94.3 Å². The van der Waals surface area contributed by atoms with Crippen molar-refractivity contribution in [1.82, 2.24) is 4.98 Å². The maximum atomic E-state index is 13.2. The number of aliphatic hydroxyl groups is 1. The zero-order valence-corrected chi connectivity index (χ0v) is 17.6. The number of aryl methyl sites for hydroxylation is 1. The third kappa shape index (κ3) is 3.66. The number of anilines is 1. The first-order valence-corrected chi connectivity index (χ1v) is 9.91. The average Bonchev–Trinajstić information content (AvgIpc) is 3.06. The number of nitrogens with zero attached hydrogens (tertiary/aromatic N) is 2. The van der Waals surface area contributed by atoms with E-state index in [0.717, 1.165) is 5.56 Å². The monoisotopic (exact) mass is 434 g/mol. The normalized spacial score (nSPS) is 17.8. The van der Waals surface area contributed by atoms with E-state index in [0.29, 0.717) is 27.6 Å². The molecule has 7 heteroatoms. The van der Waals surface area contributed by atoms with Crippen LogP contribution in [0.4, 0.5) is 5.69 Å². The highest BCUT2D eigenvalue weighted by molar-refractivity contribution is 6.52. The third-order valence-corrected chi connectivity index (χ3v) is 5.48. The number of pyridine rings is 1. The molecule has 0 spiro atoms.